The molecule has 0 radical (unpaired) electrons. The molecule has 142 valence electrons. The summed E-state index contributed by atoms with van der Waals surface area (Å²) in [6.45, 7) is 2.27. The Morgan fingerprint density at radius 2 is 2.11 bits per heavy atom. The number of rotatable bonds is 3. The standard InChI is InChI=1S/C19H22N4O3S/c1-2-14-16-17(22-21-14)20-15(12-6-4-3-5-7-12)11-23(18(16)24)13-8-9-27-19(25,26)10-13/h3-7,13,25-26H,2,8-11H2,1H3,(H,21,22). The molecule has 1 aromatic heterocycles. The van der Waals surface area contributed by atoms with E-state index in [0.717, 1.165) is 23.0 Å². The average molecular weight is 386 g/mol. The van der Waals surface area contributed by atoms with Crippen molar-refractivity contribution in [1.29, 1.82) is 0 Å². The fraction of sp³-hybridized carbons (Fsp3) is 0.421. The molecule has 2 aliphatic heterocycles. The van der Waals surface area contributed by atoms with Crippen LogP contribution in [0.2, 0.25) is 0 Å². The van der Waals surface area contributed by atoms with Gasteiger partial charge < -0.3 is 15.1 Å². The zero-order chi connectivity index (χ0) is 19.0. The highest BCUT2D eigenvalue weighted by atomic mass is 32.2. The fourth-order valence-electron chi connectivity index (χ4n) is 3.65. The summed E-state index contributed by atoms with van der Waals surface area (Å²) in [5, 5.41) is 25.6. The number of benzene rings is 1. The van der Waals surface area contributed by atoms with Gasteiger partial charge in [0.15, 0.2) is 5.82 Å². The first-order chi connectivity index (χ1) is 13.0. The number of aromatic amines is 1. The minimum absolute atomic E-state index is 0.111. The van der Waals surface area contributed by atoms with Gasteiger partial charge in [-0.3, -0.25) is 9.89 Å². The Morgan fingerprint density at radius 1 is 1.33 bits per heavy atom. The lowest BCUT2D eigenvalue weighted by molar-refractivity contribution is -0.0965. The lowest BCUT2D eigenvalue weighted by Gasteiger charge is -2.38. The van der Waals surface area contributed by atoms with Gasteiger partial charge in [-0.1, -0.05) is 49.0 Å². The van der Waals surface area contributed by atoms with Crippen LogP contribution >= 0.6 is 11.8 Å². The summed E-state index contributed by atoms with van der Waals surface area (Å²) in [6, 6.07) is 9.46. The molecule has 1 fully saturated rings. The van der Waals surface area contributed by atoms with E-state index < -0.39 is 5.12 Å². The first kappa shape index (κ1) is 18.2. The molecular weight excluding hydrogens is 364 g/mol. The van der Waals surface area contributed by atoms with Crippen LogP contribution in [0.1, 0.15) is 41.4 Å². The Morgan fingerprint density at radius 3 is 2.81 bits per heavy atom. The highest BCUT2D eigenvalue weighted by Crippen LogP contribution is 2.36. The molecule has 27 heavy (non-hydrogen) atoms. The lowest BCUT2D eigenvalue weighted by Crippen LogP contribution is -2.49. The third-order valence-corrected chi connectivity index (χ3v) is 6.10. The van der Waals surface area contributed by atoms with E-state index in [1.54, 1.807) is 4.90 Å². The van der Waals surface area contributed by atoms with Gasteiger partial charge in [0.25, 0.3) is 5.91 Å². The van der Waals surface area contributed by atoms with Crippen molar-refractivity contribution in [1.82, 2.24) is 15.1 Å². The molecule has 0 bridgehead atoms. The number of aromatic nitrogens is 2. The minimum atomic E-state index is -1.81. The van der Waals surface area contributed by atoms with E-state index >= 15 is 0 Å². The van der Waals surface area contributed by atoms with Gasteiger partial charge in [-0.25, -0.2) is 4.99 Å². The Bertz CT molecular complexity index is 878. The second kappa shape index (κ2) is 7.10. The summed E-state index contributed by atoms with van der Waals surface area (Å²) in [6.07, 6.45) is 1.43. The molecule has 3 N–H and O–H groups in total. The molecule has 7 nitrogen and oxygen atoms in total. The summed E-state index contributed by atoms with van der Waals surface area (Å²) in [7, 11) is 0. The summed E-state index contributed by atoms with van der Waals surface area (Å²) < 4.78 is 0. The number of carbonyl (C=O) groups excluding carboxylic acids is 1. The van der Waals surface area contributed by atoms with Crippen LogP contribution in [-0.4, -0.2) is 60.4 Å². The van der Waals surface area contributed by atoms with Gasteiger partial charge in [-0.15, -0.1) is 0 Å². The fourth-order valence-corrected chi connectivity index (χ4v) is 4.68. The van der Waals surface area contributed by atoms with Crippen LogP contribution in [0.3, 0.4) is 0 Å². The molecule has 1 unspecified atom stereocenters. The van der Waals surface area contributed by atoms with Crippen LogP contribution in [0.15, 0.2) is 35.3 Å². The molecule has 0 saturated carbocycles. The number of hydrogen-bond donors (Lipinski definition) is 3. The van der Waals surface area contributed by atoms with E-state index in [0.29, 0.717) is 42.2 Å². The van der Waals surface area contributed by atoms with Crippen molar-refractivity contribution >= 4 is 29.2 Å². The largest absolute Gasteiger partial charge is 0.357 e. The van der Waals surface area contributed by atoms with Crippen molar-refractivity contribution in [3.63, 3.8) is 0 Å². The summed E-state index contributed by atoms with van der Waals surface area (Å²) in [5.74, 6) is 0.902. The molecule has 1 atom stereocenters. The number of amides is 1. The van der Waals surface area contributed by atoms with E-state index in [1.165, 1.54) is 0 Å². The molecule has 1 saturated heterocycles. The number of aliphatic imine (C=N–C) groups is 1. The van der Waals surface area contributed by atoms with E-state index in [1.807, 2.05) is 37.3 Å². The van der Waals surface area contributed by atoms with Gasteiger partial charge in [0.05, 0.1) is 18.0 Å². The topological polar surface area (TPSA) is 102 Å². The van der Waals surface area contributed by atoms with Crippen molar-refractivity contribution in [2.75, 3.05) is 12.3 Å². The molecule has 2 aromatic rings. The summed E-state index contributed by atoms with van der Waals surface area (Å²) in [4.78, 5) is 19.8. The van der Waals surface area contributed by atoms with Crippen LogP contribution in [0, 0.1) is 0 Å². The third-order valence-electron chi connectivity index (χ3n) is 5.03. The number of thioether (sulfide) groups is 1. The first-order valence-corrected chi connectivity index (χ1v) is 10.1. The van der Waals surface area contributed by atoms with Gasteiger partial charge in [0, 0.05) is 18.2 Å². The van der Waals surface area contributed by atoms with Crippen molar-refractivity contribution < 1.29 is 15.0 Å². The van der Waals surface area contributed by atoms with Gasteiger partial charge in [0.1, 0.15) is 5.56 Å². The summed E-state index contributed by atoms with van der Waals surface area (Å²) >= 11 is 1.11. The van der Waals surface area contributed by atoms with Gasteiger partial charge in [-0.2, -0.15) is 5.10 Å². The number of aryl methyl sites for hydroxylation is 1. The average Bonchev–Trinajstić information content (AvgIpc) is 3.00. The smallest absolute Gasteiger partial charge is 0.260 e. The van der Waals surface area contributed by atoms with Crippen molar-refractivity contribution in [3.05, 3.63) is 47.2 Å². The Kier molecular flexibility index (Phi) is 4.79. The van der Waals surface area contributed by atoms with Crippen molar-refractivity contribution in [2.24, 2.45) is 4.99 Å². The zero-order valence-corrected chi connectivity index (χ0v) is 15.9. The maximum Gasteiger partial charge on any atom is 0.260 e. The molecular formula is C19H22N4O3S. The predicted octanol–water partition coefficient (Wildman–Crippen LogP) is 2.08. The quantitative estimate of drug-likeness (QED) is 0.701. The van der Waals surface area contributed by atoms with Gasteiger partial charge in [-0.05, 0) is 18.4 Å². The number of carbonyl (C=O) groups is 1. The molecule has 1 aromatic carbocycles. The second-order valence-corrected chi connectivity index (χ2v) is 8.19. The van der Waals surface area contributed by atoms with Crippen molar-refractivity contribution in [3.8, 4) is 0 Å². The molecule has 1 amide bonds. The molecule has 0 aliphatic carbocycles. The predicted molar refractivity (Wildman–Crippen MR) is 104 cm³/mol. The first-order valence-electron chi connectivity index (χ1n) is 9.08. The van der Waals surface area contributed by atoms with E-state index in [4.69, 9.17) is 4.99 Å². The molecule has 8 heteroatoms. The third kappa shape index (κ3) is 3.52. The Labute approximate surface area is 161 Å². The highest BCUT2D eigenvalue weighted by Gasteiger charge is 2.40. The number of nitrogens with one attached hydrogen (secondary N) is 1. The minimum Gasteiger partial charge on any atom is -0.357 e. The number of nitrogens with zero attached hydrogens (tertiary/aromatic N) is 3. The summed E-state index contributed by atoms with van der Waals surface area (Å²) in [5.41, 5.74) is 2.86. The molecule has 2 aliphatic rings. The Balaban J connectivity index is 1.78. The van der Waals surface area contributed by atoms with Crippen LogP contribution in [0.4, 0.5) is 5.82 Å². The van der Waals surface area contributed by atoms with Crippen LogP contribution in [0.5, 0.6) is 0 Å². The molecule has 4 rings (SSSR count). The molecule has 3 heterocycles. The SMILES string of the molecule is CCc1n[nH]c2c1C(=O)N(C1CCSC(O)(O)C1)CC(c1ccccc1)=N2. The maximum atomic E-state index is 13.4. The number of aliphatic hydroxyl groups is 2. The van der Waals surface area contributed by atoms with E-state index in [-0.39, 0.29) is 18.4 Å². The van der Waals surface area contributed by atoms with Crippen LogP contribution < -0.4 is 0 Å². The number of hydrogen-bond acceptors (Lipinski definition) is 6. The van der Waals surface area contributed by atoms with Crippen LogP contribution in [0.25, 0.3) is 0 Å². The van der Waals surface area contributed by atoms with E-state index in [9.17, 15) is 15.0 Å². The normalized spacial score (nSPS) is 22.2. The van der Waals surface area contributed by atoms with Crippen LogP contribution in [-0.2, 0) is 6.42 Å². The Hall–Kier alpha value is -2.16. The zero-order valence-electron chi connectivity index (χ0n) is 15.1. The number of H-pyrrole nitrogens is 1. The van der Waals surface area contributed by atoms with Gasteiger partial charge >= 0.3 is 0 Å². The second-order valence-electron chi connectivity index (χ2n) is 6.84. The molecule has 0 spiro atoms. The lowest BCUT2D eigenvalue weighted by atomic mass is 10.0. The highest BCUT2D eigenvalue weighted by molar-refractivity contribution is 8.00. The van der Waals surface area contributed by atoms with Crippen molar-refractivity contribution in [2.45, 2.75) is 37.3 Å². The maximum absolute atomic E-state index is 13.4. The monoisotopic (exact) mass is 386 g/mol. The van der Waals surface area contributed by atoms with Gasteiger partial charge in [0.2, 0.25) is 5.12 Å². The van der Waals surface area contributed by atoms with E-state index in [2.05, 4.69) is 10.2 Å². The number of fused-ring (bicyclic) bond motifs is 1.